The third-order valence-corrected chi connectivity index (χ3v) is 5.90. The zero-order valence-electron chi connectivity index (χ0n) is 17.8. The van der Waals surface area contributed by atoms with Crippen LogP contribution in [-0.4, -0.2) is 54.9 Å². The molecule has 0 radical (unpaired) electrons. The fourth-order valence-corrected chi connectivity index (χ4v) is 4.22. The molecule has 1 fully saturated rings. The number of hydrogen-bond donors (Lipinski definition) is 2. The van der Waals surface area contributed by atoms with E-state index in [1.165, 1.54) is 12.1 Å². The van der Waals surface area contributed by atoms with Crippen LogP contribution in [0.1, 0.15) is 18.9 Å². The van der Waals surface area contributed by atoms with Gasteiger partial charge in [-0.15, -0.1) is 0 Å². The number of aliphatic hydroxyl groups is 1. The van der Waals surface area contributed by atoms with Crippen LogP contribution in [-0.2, 0) is 16.0 Å². The van der Waals surface area contributed by atoms with Crippen molar-refractivity contribution in [1.29, 1.82) is 0 Å². The second-order valence-corrected chi connectivity index (χ2v) is 8.67. The number of halogens is 2. The number of rotatable bonds is 10. The van der Waals surface area contributed by atoms with Gasteiger partial charge in [0.05, 0.1) is 12.5 Å². The number of ether oxygens (including phenoxy) is 1. The number of carbonyl (C=O) groups excluding carboxylic acids is 1. The van der Waals surface area contributed by atoms with Crippen molar-refractivity contribution in [2.24, 2.45) is 17.6 Å². The summed E-state index contributed by atoms with van der Waals surface area (Å²) in [5.74, 6) is -0.550. The quantitative estimate of drug-likeness (QED) is 0.544. The van der Waals surface area contributed by atoms with E-state index in [0.29, 0.717) is 42.5 Å². The lowest BCUT2D eigenvalue weighted by Crippen LogP contribution is -2.51. The van der Waals surface area contributed by atoms with E-state index >= 15 is 0 Å². The van der Waals surface area contributed by atoms with Gasteiger partial charge >= 0.3 is 5.97 Å². The van der Waals surface area contributed by atoms with Crippen molar-refractivity contribution in [2.45, 2.75) is 25.8 Å². The lowest BCUT2D eigenvalue weighted by Gasteiger charge is -2.40. The van der Waals surface area contributed by atoms with Crippen LogP contribution < -0.4 is 5.73 Å². The number of nitrogens with zero attached hydrogens (tertiary/aromatic N) is 1. The first kappa shape index (κ1) is 23.7. The lowest BCUT2D eigenvalue weighted by molar-refractivity contribution is -0.150. The molecule has 1 aliphatic rings. The topological polar surface area (TPSA) is 75.8 Å². The van der Waals surface area contributed by atoms with Crippen LogP contribution in [0.25, 0.3) is 11.1 Å². The molecule has 0 aliphatic carbocycles. The van der Waals surface area contributed by atoms with Crippen molar-refractivity contribution in [2.75, 3.05) is 32.8 Å². The molecule has 2 unspecified atom stereocenters. The third-order valence-electron chi connectivity index (χ3n) is 5.67. The maximum atomic E-state index is 14.1. The Bertz CT molecular complexity index is 872. The number of nitrogens with two attached hydrogens (primary N) is 1. The Morgan fingerprint density at radius 2 is 2.00 bits per heavy atom. The molecule has 1 aliphatic heterocycles. The SMILES string of the molecule is CCOC(=O)C(CC(N)Cc1ccc(-c2cc(Cl)ccc2F)cc1)CN1CC(CO)C1. The van der Waals surface area contributed by atoms with Crippen molar-refractivity contribution < 1.29 is 19.0 Å². The summed E-state index contributed by atoms with van der Waals surface area (Å²) in [5.41, 5.74) is 8.61. The fourth-order valence-electron chi connectivity index (χ4n) is 4.05. The highest BCUT2D eigenvalue weighted by Gasteiger charge is 2.32. The Balaban J connectivity index is 1.60. The van der Waals surface area contributed by atoms with E-state index in [9.17, 15) is 14.3 Å². The van der Waals surface area contributed by atoms with Crippen molar-refractivity contribution in [3.05, 3.63) is 58.9 Å². The zero-order valence-corrected chi connectivity index (χ0v) is 18.5. The number of aliphatic hydroxyl groups excluding tert-OH is 1. The number of carbonyl (C=O) groups is 1. The van der Waals surface area contributed by atoms with E-state index < -0.39 is 0 Å². The first-order chi connectivity index (χ1) is 14.9. The molecule has 1 heterocycles. The zero-order chi connectivity index (χ0) is 22.4. The molecule has 168 valence electrons. The Labute approximate surface area is 187 Å². The first-order valence-electron chi connectivity index (χ1n) is 10.7. The van der Waals surface area contributed by atoms with Crippen molar-refractivity contribution in [3.63, 3.8) is 0 Å². The van der Waals surface area contributed by atoms with E-state index in [1.807, 2.05) is 24.3 Å². The smallest absolute Gasteiger partial charge is 0.310 e. The summed E-state index contributed by atoms with van der Waals surface area (Å²) in [7, 11) is 0. The molecular weight excluding hydrogens is 419 g/mol. The largest absolute Gasteiger partial charge is 0.466 e. The lowest BCUT2D eigenvalue weighted by atomic mass is 9.92. The Morgan fingerprint density at radius 1 is 1.29 bits per heavy atom. The minimum atomic E-state index is -0.319. The molecule has 2 aromatic rings. The van der Waals surface area contributed by atoms with E-state index in [0.717, 1.165) is 24.2 Å². The van der Waals surface area contributed by atoms with E-state index in [-0.39, 0.29) is 30.4 Å². The molecule has 0 spiro atoms. The number of esters is 1. The molecular formula is C24H30ClFN2O3. The van der Waals surface area contributed by atoms with E-state index in [1.54, 1.807) is 13.0 Å². The summed E-state index contributed by atoms with van der Waals surface area (Å²) < 4.78 is 19.3. The van der Waals surface area contributed by atoms with Gasteiger partial charge in [0.25, 0.3) is 0 Å². The second kappa shape index (κ2) is 11.0. The Kier molecular flexibility index (Phi) is 8.43. The van der Waals surface area contributed by atoms with E-state index in [4.69, 9.17) is 22.1 Å². The highest BCUT2D eigenvalue weighted by atomic mass is 35.5. The maximum absolute atomic E-state index is 14.1. The van der Waals surface area contributed by atoms with Crippen molar-refractivity contribution in [1.82, 2.24) is 4.90 Å². The molecule has 3 N–H and O–H groups in total. The predicted octanol–water partition coefficient (Wildman–Crippen LogP) is 3.51. The summed E-state index contributed by atoms with van der Waals surface area (Å²) in [6.45, 7) is 4.49. The van der Waals surface area contributed by atoms with Gasteiger partial charge in [-0.1, -0.05) is 35.9 Å². The standard InChI is InChI=1S/C24H30ClFN2O3/c1-2-31-24(30)19(14-28-12-17(13-28)15-29)10-21(27)9-16-3-5-18(6-4-16)22-11-20(25)7-8-23(22)26/h3-8,11,17,19,21,29H,2,9-10,12-15,27H2,1H3. The minimum Gasteiger partial charge on any atom is -0.466 e. The Hall–Kier alpha value is -1.99. The molecule has 0 aromatic heterocycles. The predicted molar refractivity (Wildman–Crippen MR) is 120 cm³/mol. The number of likely N-dealkylation sites (tertiary alicyclic amines) is 1. The monoisotopic (exact) mass is 448 g/mol. The van der Waals surface area contributed by atoms with Crippen LogP contribution in [0.2, 0.25) is 5.02 Å². The van der Waals surface area contributed by atoms with Gasteiger partial charge in [-0.2, -0.15) is 0 Å². The van der Waals surface area contributed by atoms with Gasteiger partial charge in [0.2, 0.25) is 0 Å². The molecule has 2 aromatic carbocycles. The molecule has 0 bridgehead atoms. The van der Waals surface area contributed by atoms with Crippen LogP contribution >= 0.6 is 11.6 Å². The molecule has 31 heavy (non-hydrogen) atoms. The Morgan fingerprint density at radius 3 is 2.65 bits per heavy atom. The van der Waals surface area contributed by atoms with Gasteiger partial charge in [-0.3, -0.25) is 4.79 Å². The average molecular weight is 449 g/mol. The first-order valence-corrected chi connectivity index (χ1v) is 11.1. The van der Waals surface area contributed by atoms with Gasteiger partial charge < -0.3 is 20.5 Å². The summed E-state index contributed by atoms with van der Waals surface area (Å²) in [4.78, 5) is 14.6. The molecule has 7 heteroatoms. The number of benzene rings is 2. The average Bonchev–Trinajstić information content (AvgIpc) is 2.72. The number of hydrogen-bond acceptors (Lipinski definition) is 5. The molecule has 5 nitrogen and oxygen atoms in total. The van der Waals surface area contributed by atoms with Crippen molar-refractivity contribution in [3.8, 4) is 11.1 Å². The minimum absolute atomic E-state index is 0.176. The van der Waals surface area contributed by atoms with Crippen LogP contribution in [0.15, 0.2) is 42.5 Å². The summed E-state index contributed by atoms with van der Waals surface area (Å²) in [6.07, 6.45) is 1.12. The van der Waals surface area contributed by atoms with Gasteiger partial charge in [0.15, 0.2) is 0 Å². The highest BCUT2D eigenvalue weighted by molar-refractivity contribution is 6.30. The van der Waals surface area contributed by atoms with Crippen molar-refractivity contribution >= 4 is 17.6 Å². The van der Waals surface area contributed by atoms with Crippen LogP contribution in [0.4, 0.5) is 4.39 Å². The highest BCUT2D eigenvalue weighted by Crippen LogP contribution is 2.27. The fraction of sp³-hybridized carbons (Fsp3) is 0.458. The van der Waals surface area contributed by atoms with Gasteiger partial charge in [-0.25, -0.2) is 4.39 Å². The molecule has 0 amide bonds. The second-order valence-electron chi connectivity index (χ2n) is 8.24. The van der Waals surface area contributed by atoms with Crippen LogP contribution in [0, 0.1) is 17.7 Å². The van der Waals surface area contributed by atoms with Gasteiger partial charge in [0, 0.05) is 48.8 Å². The van der Waals surface area contributed by atoms with E-state index in [2.05, 4.69) is 4.90 Å². The molecule has 1 saturated heterocycles. The van der Waals surface area contributed by atoms with Crippen LogP contribution in [0.3, 0.4) is 0 Å². The maximum Gasteiger partial charge on any atom is 0.310 e. The molecule has 3 rings (SSSR count). The summed E-state index contributed by atoms with van der Waals surface area (Å²) in [5, 5.41) is 9.68. The van der Waals surface area contributed by atoms with Crippen LogP contribution in [0.5, 0.6) is 0 Å². The van der Waals surface area contributed by atoms with Gasteiger partial charge in [0.1, 0.15) is 5.82 Å². The summed E-state index contributed by atoms with van der Waals surface area (Å²) >= 11 is 5.99. The normalized spacial score (nSPS) is 16.5. The summed E-state index contributed by atoms with van der Waals surface area (Å²) in [6, 6.07) is 11.8. The molecule has 0 saturated carbocycles. The third kappa shape index (κ3) is 6.50. The molecule has 2 atom stereocenters. The van der Waals surface area contributed by atoms with Gasteiger partial charge in [-0.05, 0) is 49.1 Å².